The Bertz CT molecular complexity index is 1520. The van der Waals surface area contributed by atoms with Crippen molar-refractivity contribution in [3.05, 3.63) is 137 Å². The lowest BCUT2D eigenvalue weighted by Gasteiger charge is -2.45. The van der Waals surface area contributed by atoms with E-state index in [0.29, 0.717) is 6.61 Å². The number of aryl methyl sites for hydroxylation is 1. The van der Waals surface area contributed by atoms with E-state index in [1.165, 1.54) is 27.7 Å². The van der Waals surface area contributed by atoms with Crippen molar-refractivity contribution >= 4 is 10.9 Å². The van der Waals surface area contributed by atoms with Crippen LogP contribution in [0, 0.1) is 12.8 Å². The van der Waals surface area contributed by atoms with Crippen LogP contribution < -0.4 is 4.74 Å². The summed E-state index contributed by atoms with van der Waals surface area (Å²) in [5.74, 6) is 0.289. The highest BCUT2D eigenvalue weighted by molar-refractivity contribution is 5.86. The smallest absolute Gasteiger partial charge is 0.243 e. The van der Waals surface area contributed by atoms with Gasteiger partial charge in [-0.05, 0) is 30.2 Å². The molecule has 0 radical (unpaired) electrons. The first-order valence-corrected chi connectivity index (χ1v) is 12.4. The van der Waals surface area contributed by atoms with Crippen LogP contribution in [0.25, 0.3) is 10.9 Å². The first-order valence-electron chi connectivity index (χ1n) is 12.4. The summed E-state index contributed by atoms with van der Waals surface area (Å²) in [5.41, 5.74) is 7.48. The highest BCUT2D eigenvalue weighted by Gasteiger charge is 2.56. The van der Waals surface area contributed by atoms with Crippen molar-refractivity contribution in [1.82, 2.24) is 4.57 Å². The second-order valence-corrected chi connectivity index (χ2v) is 9.67. The number of aromatic nitrogens is 1. The fraction of sp³-hybridized carbons (Fsp3) is 0.188. The summed E-state index contributed by atoms with van der Waals surface area (Å²) in [6, 6.07) is 38.2. The number of rotatable bonds is 4. The van der Waals surface area contributed by atoms with Crippen molar-refractivity contribution < 1.29 is 9.47 Å². The van der Waals surface area contributed by atoms with Gasteiger partial charge in [-0.3, -0.25) is 0 Å². The van der Waals surface area contributed by atoms with Gasteiger partial charge in [-0.15, -0.1) is 0 Å². The number of nitrogens with zero attached hydrogens (tertiary/aromatic N) is 1. The third kappa shape index (κ3) is 3.01. The van der Waals surface area contributed by atoms with Crippen LogP contribution in [-0.4, -0.2) is 4.57 Å². The number of hydrogen-bond donors (Lipinski definition) is 0. The molecule has 5 aromatic rings. The van der Waals surface area contributed by atoms with Gasteiger partial charge < -0.3 is 14.0 Å². The standard InChI is InChI=1S/C32H27NO2/c1-22-25-16-8-10-18-28(25)33-20-27-30(31(22)33)26-17-9-11-19-29(26)35-32(27,24-14-6-3-7-15-24)34-21-23-12-4-2-5-13-23/h2-19,27,30H,20-21H2,1H3/t27-,30-,32?/m0/s1. The molecule has 0 saturated carbocycles. The van der Waals surface area contributed by atoms with E-state index in [4.69, 9.17) is 9.47 Å². The number of fused-ring (bicyclic) bond motifs is 7. The zero-order valence-electron chi connectivity index (χ0n) is 19.7. The van der Waals surface area contributed by atoms with Gasteiger partial charge in [-0.1, -0.05) is 97.1 Å². The summed E-state index contributed by atoms with van der Waals surface area (Å²) in [7, 11) is 0. The van der Waals surface area contributed by atoms with Gasteiger partial charge in [0, 0.05) is 40.2 Å². The van der Waals surface area contributed by atoms with Crippen LogP contribution in [0.3, 0.4) is 0 Å². The molecule has 172 valence electrons. The lowest BCUT2D eigenvalue weighted by molar-refractivity contribution is -0.244. The molecule has 2 aliphatic heterocycles. The SMILES string of the molecule is Cc1c2n(c3ccccc13)C[C@H]1[C@@H]2c2ccccc2OC1(OCc1ccccc1)c1ccccc1. The van der Waals surface area contributed by atoms with Gasteiger partial charge in [0.15, 0.2) is 0 Å². The second-order valence-electron chi connectivity index (χ2n) is 9.67. The van der Waals surface area contributed by atoms with E-state index in [-0.39, 0.29) is 11.8 Å². The van der Waals surface area contributed by atoms with Crippen molar-refractivity contribution in [2.45, 2.75) is 31.8 Å². The second kappa shape index (κ2) is 7.86. The number of para-hydroxylation sites is 2. The van der Waals surface area contributed by atoms with E-state index in [9.17, 15) is 0 Å². The number of benzene rings is 4. The Morgan fingerprint density at radius 2 is 1.51 bits per heavy atom. The minimum absolute atomic E-state index is 0.0989. The van der Waals surface area contributed by atoms with Crippen LogP contribution in [0.15, 0.2) is 109 Å². The maximum absolute atomic E-state index is 6.96. The Hall–Kier alpha value is -3.82. The van der Waals surface area contributed by atoms with Gasteiger partial charge in [-0.2, -0.15) is 0 Å². The first kappa shape index (κ1) is 20.5. The highest BCUT2D eigenvalue weighted by atomic mass is 16.7. The lowest BCUT2D eigenvalue weighted by Crippen LogP contribution is -2.48. The van der Waals surface area contributed by atoms with Crippen LogP contribution >= 0.6 is 0 Å². The van der Waals surface area contributed by atoms with Crippen LogP contribution in [0.2, 0.25) is 0 Å². The van der Waals surface area contributed by atoms with Gasteiger partial charge in [0.1, 0.15) is 5.75 Å². The molecule has 2 aliphatic rings. The van der Waals surface area contributed by atoms with E-state index < -0.39 is 5.79 Å². The van der Waals surface area contributed by atoms with Gasteiger partial charge >= 0.3 is 0 Å². The molecule has 0 spiro atoms. The molecule has 7 rings (SSSR count). The average molecular weight is 458 g/mol. The molecular weight excluding hydrogens is 430 g/mol. The largest absolute Gasteiger partial charge is 0.457 e. The van der Waals surface area contributed by atoms with Crippen molar-refractivity contribution in [3.63, 3.8) is 0 Å². The molecule has 3 atom stereocenters. The minimum atomic E-state index is -0.900. The van der Waals surface area contributed by atoms with Gasteiger partial charge in [0.2, 0.25) is 5.79 Å². The van der Waals surface area contributed by atoms with E-state index in [1.54, 1.807) is 0 Å². The topological polar surface area (TPSA) is 23.4 Å². The monoisotopic (exact) mass is 457 g/mol. The summed E-state index contributed by atoms with van der Waals surface area (Å²) in [6.45, 7) is 3.59. The summed E-state index contributed by atoms with van der Waals surface area (Å²) in [4.78, 5) is 0. The Kier molecular flexibility index (Phi) is 4.61. The molecule has 0 aliphatic carbocycles. The van der Waals surface area contributed by atoms with Crippen molar-refractivity contribution in [2.75, 3.05) is 0 Å². The molecule has 0 bridgehead atoms. The zero-order valence-corrected chi connectivity index (χ0v) is 19.7. The highest BCUT2D eigenvalue weighted by Crippen LogP contribution is 2.58. The predicted molar refractivity (Wildman–Crippen MR) is 138 cm³/mol. The molecule has 0 N–H and O–H groups in total. The Balaban J connectivity index is 1.45. The summed E-state index contributed by atoms with van der Waals surface area (Å²) in [6.07, 6.45) is 0. The van der Waals surface area contributed by atoms with Gasteiger partial charge in [0.05, 0.1) is 12.5 Å². The maximum Gasteiger partial charge on any atom is 0.243 e. The molecule has 0 amide bonds. The van der Waals surface area contributed by atoms with Gasteiger partial charge in [0.25, 0.3) is 0 Å². The lowest BCUT2D eigenvalue weighted by atomic mass is 9.75. The molecule has 3 heterocycles. The van der Waals surface area contributed by atoms with Crippen molar-refractivity contribution in [1.29, 1.82) is 0 Å². The number of hydrogen-bond acceptors (Lipinski definition) is 2. The quantitative estimate of drug-likeness (QED) is 0.285. The molecule has 3 heteroatoms. The Morgan fingerprint density at radius 3 is 2.34 bits per heavy atom. The molecule has 35 heavy (non-hydrogen) atoms. The molecule has 0 saturated heterocycles. The van der Waals surface area contributed by atoms with E-state index >= 15 is 0 Å². The zero-order chi connectivity index (χ0) is 23.4. The Morgan fingerprint density at radius 1 is 0.829 bits per heavy atom. The van der Waals surface area contributed by atoms with Crippen molar-refractivity contribution in [2.24, 2.45) is 5.92 Å². The fourth-order valence-electron chi connectivity index (χ4n) is 6.29. The average Bonchev–Trinajstić information content (AvgIpc) is 3.45. The Labute approximate surface area is 205 Å². The predicted octanol–water partition coefficient (Wildman–Crippen LogP) is 7.17. The normalized spacial score (nSPS) is 22.3. The van der Waals surface area contributed by atoms with Crippen LogP contribution in [0.1, 0.15) is 33.9 Å². The van der Waals surface area contributed by atoms with E-state index in [1.807, 2.05) is 6.07 Å². The molecular formula is C32H27NO2. The van der Waals surface area contributed by atoms with Gasteiger partial charge in [-0.25, -0.2) is 0 Å². The van der Waals surface area contributed by atoms with E-state index in [2.05, 4.69) is 115 Å². The summed E-state index contributed by atoms with van der Waals surface area (Å²) < 4.78 is 16.4. The molecule has 0 fully saturated rings. The van der Waals surface area contributed by atoms with Crippen molar-refractivity contribution in [3.8, 4) is 5.75 Å². The fourth-order valence-corrected chi connectivity index (χ4v) is 6.29. The van der Waals surface area contributed by atoms with Crippen LogP contribution in [0.5, 0.6) is 5.75 Å². The third-order valence-electron chi connectivity index (χ3n) is 7.83. The summed E-state index contributed by atoms with van der Waals surface area (Å²) in [5, 5.41) is 1.33. The van der Waals surface area contributed by atoms with Crippen LogP contribution in [-0.2, 0) is 23.7 Å². The minimum Gasteiger partial charge on any atom is -0.457 e. The third-order valence-corrected chi connectivity index (χ3v) is 7.83. The van der Waals surface area contributed by atoms with E-state index in [0.717, 1.165) is 23.4 Å². The number of ether oxygens (including phenoxy) is 2. The molecule has 4 aromatic carbocycles. The summed E-state index contributed by atoms with van der Waals surface area (Å²) >= 11 is 0. The first-order chi connectivity index (χ1) is 17.3. The molecule has 1 aromatic heterocycles. The van der Waals surface area contributed by atoms with Crippen LogP contribution in [0.4, 0.5) is 0 Å². The molecule has 3 nitrogen and oxygen atoms in total. The maximum atomic E-state index is 6.96. The molecule has 1 unspecified atom stereocenters.